The molecule has 0 bridgehead atoms. The lowest BCUT2D eigenvalue weighted by Crippen LogP contribution is -1.99. The normalized spacial score (nSPS) is 10.7. The van der Waals surface area contributed by atoms with Crippen LogP contribution in [0.2, 0.25) is 0 Å². The van der Waals surface area contributed by atoms with Crippen LogP contribution >= 0.6 is 0 Å². The van der Waals surface area contributed by atoms with E-state index in [1.54, 1.807) is 42.5 Å². The Morgan fingerprint density at radius 2 is 1.96 bits per heavy atom. The van der Waals surface area contributed by atoms with Gasteiger partial charge in [0.25, 0.3) is 0 Å². The van der Waals surface area contributed by atoms with Crippen LogP contribution in [-0.4, -0.2) is 17.3 Å². The van der Waals surface area contributed by atoms with Crippen molar-refractivity contribution in [2.45, 2.75) is 13.3 Å². The second-order valence-corrected chi connectivity index (χ2v) is 4.90. The predicted molar refractivity (Wildman–Crippen MR) is 88.7 cm³/mol. The average Bonchev–Trinajstić information content (AvgIpc) is 2.58. The largest absolute Gasteiger partial charge is 0.487 e. The maximum atomic E-state index is 12.0. The van der Waals surface area contributed by atoms with Crippen molar-refractivity contribution in [2.75, 3.05) is 6.61 Å². The lowest BCUT2D eigenvalue weighted by Gasteiger charge is -2.05. The van der Waals surface area contributed by atoms with Gasteiger partial charge in [-0.2, -0.15) is 0 Å². The van der Waals surface area contributed by atoms with Gasteiger partial charge >= 0.3 is 5.69 Å². The van der Waals surface area contributed by atoms with Crippen molar-refractivity contribution in [1.29, 1.82) is 0 Å². The third-order valence-corrected chi connectivity index (χ3v) is 3.13. The highest BCUT2D eigenvalue weighted by Gasteiger charge is 2.15. The fourth-order valence-electron chi connectivity index (χ4n) is 1.99. The minimum Gasteiger partial charge on any atom is -0.487 e. The topological polar surface area (TPSA) is 69.4 Å². The smallest absolute Gasteiger partial charge is 0.311 e. The molecule has 0 aromatic heterocycles. The molecule has 0 aliphatic rings. The number of ether oxygens (including phenoxy) is 1. The summed E-state index contributed by atoms with van der Waals surface area (Å²) in [7, 11) is 0. The van der Waals surface area contributed by atoms with E-state index in [2.05, 4.69) is 0 Å². The van der Waals surface area contributed by atoms with Crippen LogP contribution in [0.5, 0.6) is 5.75 Å². The Kier molecular flexibility index (Phi) is 5.63. The van der Waals surface area contributed by atoms with E-state index in [9.17, 15) is 14.9 Å². The van der Waals surface area contributed by atoms with E-state index in [4.69, 9.17) is 4.74 Å². The van der Waals surface area contributed by atoms with Crippen LogP contribution in [0.4, 0.5) is 5.69 Å². The van der Waals surface area contributed by atoms with Gasteiger partial charge in [-0.3, -0.25) is 14.9 Å². The van der Waals surface area contributed by atoms with Gasteiger partial charge in [0.1, 0.15) is 0 Å². The molecule has 0 heterocycles. The number of allylic oxidation sites excluding steroid dienone is 1. The zero-order valence-corrected chi connectivity index (χ0v) is 12.8. The molecule has 2 aromatic rings. The Labute approximate surface area is 134 Å². The highest BCUT2D eigenvalue weighted by molar-refractivity contribution is 6.06. The van der Waals surface area contributed by atoms with Gasteiger partial charge in [-0.05, 0) is 24.1 Å². The Morgan fingerprint density at radius 3 is 2.61 bits per heavy atom. The van der Waals surface area contributed by atoms with Crippen molar-refractivity contribution < 1.29 is 14.5 Å². The molecule has 0 fully saturated rings. The molecule has 2 rings (SSSR count). The first-order chi connectivity index (χ1) is 11.1. The second-order valence-electron chi connectivity index (χ2n) is 4.90. The molecule has 0 saturated carbocycles. The number of nitro benzene ring substituents is 1. The van der Waals surface area contributed by atoms with Crippen molar-refractivity contribution in [3.63, 3.8) is 0 Å². The number of hydrogen-bond acceptors (Lipinski definition) is 4. The zero-order valence-electron chi connectivity index (χ0n) is 12.8. The number of nitrogens with zero attached hydrogens (tertiary/aromatic N) is 1. The summed E-state index contributed by atoms with van der Waals surface area (Å²) in [5, 5.41) is 11.1. The van der Waals surface area contributed by atoms with E-state index in [0.29, 0.717) is 17.7 Å². The van der Waals surface area contributed by atoms with Crippen molar-refractivity contribution in [3.8, 4) is 5.75 Å². The molecule has 0 N–H and O–H groups in total. The molecule has 0 saturated heterocycles. The lowest BCUT2D eigenvalue weighted by atomic mass is 10.1. The molecular formula is C18H17NO4. The molecule has 5 nitrogen and oxygen atoms in total. The van der Waals surface area contributed by atoms with E-state index in [-0.39, 0.29) is 17.2 Å². The summed E-state index contributed by atoms with van der Waals surface area (Å²) in [6.07, 6.45) is 3.73. The number of ketones is 1. The van der Waals surface area contributed by atoms with Gasteiger partial charge < -0.3 is 4.74 Å². The minimum absolute atomic E-state index is 0.104. The Hall–Kier alpha value is -2.95. The molecule has 0 atom stereocenters. The van der Waals surface area contributed by atoms with Crippen LogP contribution in [0.15, 0.2) is 54.6 Å². The molecule has 0 amide bonds. The maximum absolute atomic E-state index is 12.0. The summed E-state index contributed by atoms with van der Waals surface area (Å²) in [5.74, 6) is 0.0861. The Morgan fingerprint density at radius 1 is 1.22 bits per heavy atom. The lowest BCUT2D eigenvalue weighted by molar-refractivity contribution is -0.385. The van der Waals surface area contributed by atoms with Gasteiger partial charge in [-0.25, -0.2) is 0 Å². The van der Waals surface area contributed by atoms with E-state index in [1.165, 1.54) is 12.1 Å². The number of carbonyl (C=O) groups excluding carboxylic acids is 1. The van der Waals surface area contributed by atoms with E-state index in [1.807, 2.05) is 13.0 Å². The fourth-order valence-corrected chi connectivity index (χ4v) is 1.99. The van der Waals surface area contributed by atoms with Crippen LogP contribution in [0.1, 0.15) is 29.3 Å². The molecule has 0 radical (unpaired) electrons. The third-order valence-electron chi connectivity index (χ3n) is 3.13. The Bertz CT molecular complexity index is 723. The summed E-state index contributed by atoms with van der Waals surface area (Å²) in [6, 6.07) is 13.5. The summed E-state index contributed by atoms with van der Waals surface area (Å²) < 4.78 is 5.36. The van der Waals surface area contributed by atoms with Crippen molar-refractivity contribution in [1.82, 2.24) is 0 Å². The Balaban J connectivity index is 2.20. The molecule has 2 aromatic carbocycles. The van der Waals surface area contributed by atoms with E-state index >= 15 is 0 Å². The maximum Gasteiger partial charge on any atom is 0.311 e. The first-order valence-corrected chi connectivity index (χ1v) is 7.30. The van der Waals surface area contributed by atoms with Gasteiger partial charge in [0, 0.05) is 11.6 Å². The first kappa shape index (κ1) is 16.4. The van der Waals surface area contributed by atoms with Crippen LogP contribution in [0, 0.1) is 10.1 Å². The number of nitro groups is 1. The number of rotatable bonds is 7. The molecular weight excluding hydrogens is 294 g/mol. The van der Waals surface area contributed by atoms with Gasteiger partial charge in [0.05, 0.1) is 11.5 Å². The highest BCUT2D eigenvalue weighted by Crippen LogP contribution is 2.28. The van der Waals surface area contributed by atoms with Crippen LogP contribution < -0.4 is 4.74 Å². The fraction of sp³-hybridized carbons (Fsp3) is 0.167. The molecule has 0 unspecified atom stereocenters. The highest BCUT2D eigenvalue weighted by atomic mass is 16.6. The van der Waals surface area contributed by atoms with Crippen LogP contribution in [-0.2, 0) is 0 Å². The van der Waals surface area contributed by atoms with E-state index in [0.717, 1.165) is 6.42 Å². The van der Waals surface area contributed by atoms with Crippen molar-refractivity contribution in [3.05, 3.63) is 75.8 Å². The van der Waals surface area contributed by atoms with E-state index < -0.39 is 4.92 Å². The summed E-state index contributed by atoms with van der Waals surface area (Å²) >= 11 is 0. The average molecular weight is 311 g/mol. The SMILES string of the molecule is CCCOc1ccc(/C=C/C(=O)c2ccccc2)cc1[N+](=O)[O-]. The number of benzene rings is 2. The molecule has 5 heteroatoms. The van der Waals surface area contributed by atoms with Crippen LogP contribution in [0.3, 0.4) is 0 Å². The van der Waals surface area contributed by atoms with Gasteiger partial charge in [-0.1, -0.05) is 49.4 Å². The molecule has 0 aliphatic heterocycles. The minimum atomic E-state index is -0.485. The third kappa shape index (κ3) is 4.51. The quantitative estimate of drug-likeness (QED) is 0.331. The van der Waals surface area contributed by atoms with Crippen LogP contribution in [0.25, 0.3) is 6.08 Å². The van der Waals surface area contributed by atoms with Gasteiger partial charge in [0.15, 0.2) is 11.5 Å². The standard InChI is InChI=1S/C18H17NO4/c1-2-12-23-18-11-9-14(13-16(18)19(21)22)8-10-17(20)15-6-4-3-5-7-15/h3-11,13H,2,12H2,1H3/b10-8+. The second kappa shape index (κ2) is 7.89. The summed E-state index contributed by atoms with van der Waals surface area (Å²) in [6.45, 7) is 2.35. The van der Waals surface area contributed by atoms with Crippen molar-refractivity contribution >= 4 is 17.5 Å². The van der Waals surface area contributed by atoms with Crippen molar-refractivity contribution in [2.24, 2.45) is 0 Å². The molecule has 0 spiro atoms. The predicted octanol–water partition coefficient (Wildman–Crippen LogP) is 4.28. The number of carbonyl (C=O) groups is 1. The molecule has 0 aliphatic carbocycles. The molecule has 118 valence electrons. The molecule has 23 heavy (non-hydrogen) atoms. The summed E-state index contributed by atoms with van der Waals surface area (Å²) in [5.41, 5.74) is 1.04. The number of hydrogen-bond donors (Lipinski definition) is 0. The summed E-state index contributed by atoms with van der Waals surface area (Å²) in [4.78, 5) is 22.6. The monoisotopic (exact) mass is 311 g/mol. The first-order valence-electron chi connectivity index (χ1n) is 7.30. The van der Waals surface area contributed by atoms with Gasteiger partial charge in [-0.15, -0.1) is 0 Å². The zero-order chi connectivity index (χ0) is 16.7. The van der Waals surface area contributed by atoms with Gasteiger partial charge in [0.2, 0.25) is 0 Å².